The SMILES string of the molecule is C=C(C)CN1CCN([C@H](C(=O)O)c2cn(CC(=O)O)c3ccc(Br)cc23)CC1. The number of hydrogen-bond donors (Lipinski definition) is 2. The summed E-state index contributed by atoms with van der Waals surface area (Å²) in [6, 6.07) is 4.68. The van der Waals surface area contributed by atoms with E-state index in [2.05, 4.69) is 27.4 Å². The smallest absolute Gasteiger partial charge is 0.325 e. The lowest BCUT2D eigenvalue weighted by molar-refractivity contribution is -0.144. The molecular weight excluding hydrogens is 426 g/mol. The Hall–Kier alpha value is -2.16. The van der Waals surface area contributed by atoms with Crippen molar-refractivity contribution >= 4 is 38.8 Å². The summed E-state index contributed by atoms with van der Waals surface area (Å²) >= 11 is 3.44. The van der Waals surface area contributed by atoms with Crippen LogP contribution in [0.3, 0.4) is 0 Å². The quantitative estimate of drug-likeness (QED) is 0.632. The van der Waals surface area contributed by atoms with Crippen molar-refractivity contribution in [3.63, 3.8) is 0 Å². The van der Waals surface area contributed by atoms with Gasteiger partial charge < -0.3 is 14.8 Å². The number of halogens is 1. The summed E-state index contributed by atoms with van der Waals surface area (Å²) in [6.07, 6.45) is 1.67. The molecule has 150 valence electrons. The van der Waals surface area contributed by atoms with Gasteiger partial charge in [-0.3, -0.25) is 19.4 Å². The number of carbonyl (C=O) groups is 2. The van der Waals surface area contributed by atoms with E-state index in [9.17, 15) is 19.8 Å². The lowest BCUT2D eigenvalue weighted by Gasteiger charge is -2.37. The van der Waals surface area contributed by atoms with E-state index in [4.69, 9.17) is 0 Å². The third kappa shape index (κ3) is 4.45. The zero-order chi connectivity index (χ0) is 20.4. The number of piperazine rings is 1. The van der Waals surface area contributed by atoms with Gasteiger partial charge in [0.1, 0.15) is 12.6 Å². The molecule has 0 aliphatic carbocycles. The Morgan fingerprint density at radius 2 is 1.86 bits per heavy atom. The molecule has 2 N–H and O–H groups in total. The van der Waals surface area contributed by atoms with Crippen LogP contribution in [0.25, 0.3) is 10.9 Å². The maximum Gasteiger partial charge on any atom is 0.325 e. The minimum absolute atomic E-state index is 0.211. The molecule has 3 rings (SSSR count). The van der Waals surface area contributed by atoms with Gasteiger partial charge >= 0.3 is 11.9 Å². The average Bonchev–Trinajstić information content (AvgIpc) is 2.92. The Bertz CT molecular complexity index is 916. The topological polar surface area (TPSA) is 86.0 Å². The predicted octanol–water partition coefficient (Wildman–Crippen LogP) is 2.81. The largest absolute Gasteiger partial charge is 0.480 e. The molecule has 8 heteroatoms. The average molecular weight is 450 g/mol. The maximum absolute atomic E-state index is 12.2. The van der Waals surface area contributed by atoms with E-state index in [0.717, 1.165) is 35.1 Å². The van der Waals surface area contributed by atoms with Crippen molar-refractivity contribution in [1.29, 1.82) is 0 Å². The number of fused-ring (bicyclic) bond motifs is 1. The first-order valence-corrected chi connectivity index (χ1v) is 9.89. The predicted molar refractivity (Wildman–Crippen MR) is 110 cm³/mol. The van der Waals surface area contributed by atoms with E-state index in [1.807, 2.05) is 30.0 Å². The molecule has 1 atom stereocenters. The van der Waals surface area contributed by atoms with Gasteiger partial charge in [-0.15, -0.1) is 0 Å². The Balaban J connectivity index is 1.95. The third-order valence-electron chi connectivity index (χ3n) is 4.97. The van der Waals surface area contributed by atoms with E-state index < -0.39 is 18.0 Å². The van der Waals surface area contributed by atoms with Gasteiger partial charge in [0.2, 0.25) is 0 Å². The highest BCUT2D eigenvalue weighted by molar-refractivity contribution is 9.10. The lowest BCUT2D eigenvalue weighted by atomic mass is 10.0. The minimum atomic E-state index is -0.966. The van der Waals surface area contributed by atoms with Gasteiger partial charge in [0, 0.05) is 59.9 Å². The molecule has 7 nitrogen and oxygen atoms in total. The van der Waals surface area contributed by atoms with Gasteiger partial charge in [-0.05, 0) is 25.1 Å². The van der Waals surface area contributed by atoms with E-state index in [0.29, 0.717) is 24.2 Å². The summed E-state index contributed by atoms with van der Waals surface area (Å²) in [6.45, 7) is 9.34. The van der Waals surface area contributed by atoms with E-state index in [-0.39, 0.29) is 6.54 Å². The first kappa shape index (κ1) is 20.6. The van der Waals surface area contributed by atoms with E-state index >= 15 is 0 Å². The van der Waals surface area contributed by atoms with Crippen molar-refractivity contribution in [2.75, 3.05) is 32.7 Å². The Morgan fingerprint density at radius 1 is 1.18 bits per heavy atom. The minimum Gasteiger partial charge on any atom is -0.480 e. The summed E-state index contributed by atoms with van der Waals surface area (Å²) < 4.78 is 2.43. The fourth-order valence-electron chi connectivity index (χ4n) is 3.84. The number of benzene rings is 1. The van der Waals surface area contributed by atoms with Gasteiger partial charge in [-0.25, -0.2) is 0 Å². The second-order valence-corrected chi connectivity index (χ2v) is 8.19. The highest BCUT2D eigenvalue weighted by Crippen LogP contribution is 2.33. The molecule has 0 radical (unpaired) electrons. The number of aliphatic carboxylic acids is 2. The highest BCUT2D eigenvalue weighted by atomic mass is 79.9. The third-order valence-corrected chi connectivity index (χ3v) is 5.47. The lowest BCUT2D eigenvalue weighted by Crippen LogP contribution is -2.49. The van der Waals surface area contributed by atoms with Crippen molar-refractivity contribution in [2.45, 2.75) is 19.5 Å². The highest BCUT2D eigenvalue weighted by Gasteiger charge is 2.32. The van der Waals surface area contributed by atoms with Crippen LogP contribution in [0.5, 0.6) is 0 Å². The maximum atomic E-state index is 12.2. The Labute approximate surface area is 172 Å². The molecule has 28 heavy (non-hydrogen) atoms. The molecule has 0 spiro atoms. The summed E-state index contributed by atoms with van der Waals surface area (Å²) in [4.78, 5) is 27.7. The van der Waals surface area contributed by atoms with Crippen molar-refractivity contribution in [1.82, 2.24) is 14.4 Å². The van der Waals surface area contributed by atoms with Gasteiger partial charge in [0.25, 0.3) is 0 Å². The van der Waals surface area contributed by atoms with Crippen LogP contribution < -0.4 is 0 Å². The number of carboxylic acids is 2. The van der Waals surface area contributed by atoms with Crippen LogP contribution in [0.2, 0.25) is 0 Å². The van der Waals surface area contributed by atoms with Crippen molar-refractivity contribution < 1.29 is 19.8 Å². The molecule has 0 amide bonds. The molecule has 1 saturated heterocycles. The molecule has 1 aromatic carbocycles. The summed E-state index contributed by atoms with van der Waals surface area (Å²) in [5.41, 5.74) is 2.43. The summed E-state index contributed by atoms with van der Waals surface area (Å²) in [5, 5.41) is 20.0. The summed E-state index contributed by atoms with van der Waals surface area (Å²) in [7, 11) is 0. The summed E-state index contributed by atoms with van der Waals surface area (Å²) in [5.74, 6) is -1.89. The van der Waals surface area contributed by atoms with Crippen LogP contribution in [0.4, 0.5) is 0 Å². The number of carboxylic acid groups (broad SMARTS) is 2. The van der Waals surface area contributed by atoms with Crippen molar-refractivity contribution in [2.24, 2.45) is 0 Å². The second kappa shape index (κ2) is 8.46. The van der Waals surface area contributed by atoms with Crippen LogP contribution >= 0.6 is 15.9 Å². The molecule has 1 aliphatic heterocycles. The van der Waals surface area contributed by atoms with Crippen LogP contribution in [0, 0.1) is 0 Å². The van der Waals surface area contributed by atoms with Crippen molar-refractivity contribution in [3.8, 4) is 0 Å². The molecule has 0 unspecified atom stereocenters. The van der Waals surface area contributed by atoms with Gasteiger partial charge in [0.15, 0.2) is 0 Å². The fraction of sp³-hybridized carbons (Fsp3) is 0.400. The molecule has 0 bridgehead atoms. The first-order valence-electron chi connectivity index (χ1n) is 9.10. The number of nitrogens with zero attached hydrogens (tertiary/aromatic N) is 3. The van der Waals surface area contributed by atoms with Gasteiger partial charge in [0.05, 0.1) is 0 Å². The van der Waals surface area contributed by atoms with E-state index in [1.54, 1.807) is 10.8 Å². The van der Waals surface area contributed by atoms with Gasteiger partial charge in [-0.1, -0.05) is 28.1 Å². The molecule has 1 fully saturated rings. The molecule has 1 aliphatic rings. The normalized spacial score (nSPS) is 16.9. The first-order chi connectivity index (χ1) is 13.3. The molecule has 2 aromatic rings. The number of aromatic nitrogens is 1. The van der Waals surface area contributed by atoms with Crippen LogP contribution in [0.15, 0.2) is 41.0 Å². The Morgan fingerprint density at radius 3 is 2.43 bits per heavy atom. The molecule has 2 heterocycles. The molecule has 0 saturated carbocycles. The fourth-order valence-corrected chi connectivity index (χ4v) is 4.20. The zero-order valence-corrected chi connectivity index (χ0v) is 17.4. The zero-order valence-electron chi connectivity index (χ0n) is 15.8. The second-order valence-electron chi connectivity index (χ2n) is 7.28. The van der Waals surface area contributed by atoms with Crippen LogP contribution in [-0.2, 0) is 16.1 Å². The molecule has 1 aromatic heterocycles. The standard InChI is InChI=1S/C20H24BrN3O4/c1-13(2)10-22-5-7-23(8-6-22)19(20(27)28)16-11-24(12-18(25)26)17-4-3-14(21)9-15(16)17/h3-4,9,11,19H,1,5-8,10,12H2,2H3,(H,25,26)(H,27,28)/t19-/m0/s1. The number of hydrogen-bond acceptors (Lipinski definition) is 4. The Kier molecular flexibility index (Phi) is 6.22. The van der Waals surface area contributed by atoms with Gasteiger partial charge in [-0.2, -0.15) is 0 Å². The van der Waals surface area contributed by atoms with E-state index in [1.165, 1.54) is 0 Å². The number of rotatable bonds is 7. The molecular formula is C20H24BrN3O4. The van der Waals surface area contributed by atoms with Crippen molar-refractivity contribution in [3.05, 3.63) is 46.6 Å². The van der Waals surface area contributed by atoms with Crippen LogP contribution in [-0.4, -0.2) is 69.2 Å². The monoisotopic (exact) mass is 449 g/mol. The van der Waals surface area contributed by atoms with Crippen LogP contribution in [0.1, 0.15) is 18.5 Å².